The van der Waals surface area contributed by atoms with Gasteiger partial charge < -0.3 is 28.8 Å². The molecule has 0 spiro atoms. The van der Waals surface area contributed by atoms with Crippen molar-refractivity contribution in [1.29, 1.82) is 0 Å². The molecule has 0 radical (unpaired) electrons. The van der Waals surface area contributed by atoms with Crippen molar-refractivity contribution in [2.24, 2.45) is 11.8 Å². The molecule has 214 valence electrons. The third kappa shape index (κ3) is 5.45. The summed E-state index contributed by atoms with van der Waals surface area (Å²) in [6.45, 7) is 5.39. The molecule has 40 heavy (non-hydrogen) atoms. The van der Waals surface area contributed by atoms with Crippen LogP contribution in [0.4, 0.5) is 5.69 Å². The maximum Gasteiger partial charge on any atom is 0.321 e. The van der Waals surface area contributed by atoms with Crippen LogP contribution in [0.1, 0.15) is 37.9 Å². The zero-order valence-corrected chi connectivity index (χ0v) is 22.3. The van der Waals surface area contributed by atoms with E-state index in [4.69, 9.17) is 23.7 Å². The number of hydrogen-bond donors (Lipinski definition) is 2. The molecule has 12 heteroatoms. The van der Waals surface area contributed by atoms with Crippen LogP contribution in [0.3, 0.4) is 0 Å². The van der Waals surface area contributed by atoms with Gasteiger partial charge in [-0.3, -0.25) is 25.0 Å². The van der Waals surface area contributed by atoms with Crippen molar-refractivity contribution < 1.29 is 43.3 Å². The highest BCUT2D eigenvalue weighted by atomic mass is 16.8. The molecule has 12 nitrogen and oxygen atoms in total. The van der Waals surface area contributed by atoms with Crippen LogP contribution in [-0.2, 0) is 39.9 Å². The van der Waals surface area contributed by atoms with Crippen LogP contribution in [0.2, 0.25) is 0 Å². The Morgan fingerprint density at radius 1 is 1.10 bits per heavy atom. The number of rotatable bonds is 9. The summed E-state index contributed by atoms with van der Waals surface area (Å²) in [6.07, 6.45) is -3.27. The normalized spacial score (nSPS) is 32.5. The number of nitrogens with one attached hydrogen (secondary N) is 1. The number of fused-ring (bicyclic) bond motifs is 1. The molecule has 3 fully saturated rings. The maximum absolute atomic E-state index is 13.5. The molecule has 2 aromatic carbocycles. The second-order valence-electron chi connectivity index (χ2n) is 10.5. The van der Waals surface area contributed by atoms with Gasteiger partial charge in [-0.05, 0) is 31.9 Å². The Morgan fingerprint density at radius 3 is 2.52 bits per heavy atom. The summed E-state index contributed by atoms with van der Waals surface area (Å²) in [4.78, 5) is 37.0. The van der Waals surface area contributed by atoms with E-state index in [1.54, 1.807) is 26.8 Å². The summed E-state index contributed by atoms with van der Waals surface area (Å²) in [5.74, 6) is -4.87. The Balaban J connectivity index is 1.53. The van der Waals surface area contributed by atoms with E-state index >= 15 is 0 Å². The smallest absolute Gasteiger partial charge is 0.321 e. The highest BCUT2D eigenvalue weighted by Crippen LogP contribution is 2.48. The first-order valence-electron chi connectivity index (χ1n) is 13.2. The number of carboxylic acid groups (broad SMARTS) is 1. The number of esters is 1. The Kier molecular flexibility index (Phi) is 7.89. The van der Waals surface area contributed by atoms with Crippen molar-refractivity contribution in [3.05, 3.63) is 75.8 Å². The number of nitrogens with zero attached hydrogens (tertiary/aromatic N) is 1. The first-order valence-corrected chi connectivity index (χ1v) is 13.2. The van der Waals surface area contributed by atoms with E-state index in [2.05, 4.69) is 5.32 Å². The van der Waals surface area contributed by atoms with Crippen LogP contribution >= 0.6 is 0 Å². The minimum Gasteiger partial charge on any atom is -0.480 e. The van der Waals surface area contributed by atoms with Gasteiger partial charge in [-0.1, -0.05) is 42.5 Å². The van der Waals surface area contributed by atoms with Crippen molar-refractivity contribution in [2.75, 3.05) is 6.61 Å². The van der Waals surface area contributed by atoms with Gasteiger partial charge in [0.15, 0.2) is 12.1 Å². The molecular formula is C28H32N2O10. The van der Waals surface area contributed by atoms with E-state index in [1.165, 1.54) is 18.2 Å². The van der Waals surface area contributed by atoms with Crippen LogP contribution in [0.5, 0.6) is 0 Å². The van der Waals surface area contributed by atoms with Gasteiger partial charge in [-0.2, -0.15) is 0 Å². The van der Waals surface area contributed by atoms with Gasteiger partial charge in [0.1, 0.15) is 18.2 Å². The summed E-state index contributed by atoms with van der Waals surface area (Å²) >= 11 is 0. The maximum atomic E-state index is 13.5. The molecule has 0 unspecified atom stereocenters. The van der Waals surface area contributed by atoms with Gasteiger partial charge in [0.25, 0.3) is 5.69 Å². The second-order valence-corrected chi connectivity index (χ2v) is 10.5. The number of benzene rings is 2. The predicted molar refractivity (Wildman–Crippen MR) is 138 cm³/mol. The Labute approximate surface area is 230 Å². The summed E-state index contributed by atoms with van der Waals surface area (Å²) in [5, 5.41) is 24.8. The fourth-order valence-electron chi connectivity index (χ4n) is 5.91. The van der Waals surface area contributed by atoms with E-state index in [1.807, 2.05) is 30.3 Å². The minimum atomic E-state index is -1.27. The highest BCUT2D eigenvalue weighted by Gasteiger charge is 2.63. The lowest BCUT2D eigenvalue weighted by Gasteiger charge is -2.33. The van der Waals surface area contributed by atoms with Crippen molar-refractivity contribution in [2.45, 2.75) is 69.9 Å². The van der Waals surface area contributed by atoms with Crippen LogP contribution < -0.4 is 5.32 Å². The number of non-ortho nitro benzene ring substituents is 1. The average molecular weight is 557 g/mol. The van der Waals surface area contributed by atoms with E-state index in [9.17, 15) is 24.8 Å². The summed E-state index contributed by atoms with van der Waals surface area (Å²) in [5.41, 5.74) is 1.09. The van der Waals surface area contributed by atoms with Gasteiger partial charge >= 0.3 is 11.9 Å². The molecule has 5 rings (SSSR count). The standard InChI is InChI=1S/C28H32N2O10/c1-4-36-26(33)19-18(21(25(31)32)29-20(19)16-11-8-12-17(13-16)30(34)35)22-23(37-14-15-9-6-5-7-10-15)24-27(38-22)40-28(2,3)39-24/h5-13,18-24,27,29H,4,14H2,1-3H3,(H,31,32)/t18-,19-,20-,21-,22-,23-,24+,27+/m0/s1. The van der Waals surface area contributed by atoms with Crippen molar-refractivity contribution in [1.82, 2.24) is 5.32 Å². The number of carboxylic acids is 1. The van der Waals surface area contributed by atoms with E-state index < -0.39 is 71.2 Å². The number of carbonyl (C=O) groups is 2. The average Bonchev–Trinajstić information content (AvgIpc) is 3.56. The van der Waals surface area contributed by atoms with Crippen molar-refractivity contribution >= 4 is 17.6 Å². The summed E-state index contributed by atoms with van der Waals surface area (Å²) in [7, 11) is 0. The van der Waals surface area contributed by atoms with Gasteiger partial charge in [0.05, 0.1) is 30.2 Å². The highest BCUT2D eigenvalue weighted by molar-refractivity contribution is 5.81. The van der Waals surface area contributed by atoms with Crippen LogP contribution in [0, 0.1) is 22.0 Å². The lowest BCUT2D eigenvalue weighted by atomic mass is 9.79. The van der Waals surface area contributed by atoms with Crippen LogP contribution in [-0.4, -0.2) is 65.0 Å². The largest absolute Gasteiger partial charge is 0.480 e. The SMILES string of the molecule is CCOC(=O)[C@H]1[C@H]([C@@H]2O[C@@H]3OC(C)(C)O[C@@H]3[C@H]2OCc2ccccc2)[C@@H](C(=O)O)N[C@H]1c1cccc([N+](=O)[O-])c1. The third-order valence-corrected chi connectivity index (χ3v) is 7.47. The summed E-state index contributed by atoms with van der Waals surface area (Å²) < 4.78 is 30.1. The van der Waals surface area contributed by atoms with Crippen LogP contribution in [0.25, 0.3) is 0 Å². The molecule has 3 aliphatic rings. The lowest BCUT2D eigenvalue weighted by molar-refractivity contribution is -0.384. The molecular weight excluding hydrogens is 524 g/mol. The number of hydrogen-bond acceptors (Lipinski definition) is 10. The predicted octanol–water partition coefficient (Wildman–Crippen LogP) is 2.95. The van der Waals surface area contributed by atoms with Gasteiger partial charge in [-0.15, -0.1) is 0 Å². The minimum absolute atomic E-state index is 0.0621. The first-order chi connectivity index (χ1) is 19.1. The van der Waals surface area contributed by atoms with Gasteiger partial charge in [-0.25, -0.2) is 0 Å². The van der Waals surface area contributed by atoms with E-state index in [0.29, 0.717) is 5.56 Å². The van der Waals surface area contributed by atoms with E-state index in [0.717, 1.165) is 5.56 Å². The van der Waals surface area contributed by atoms with Crippen LogP contribution in [0.15, 0.2) is 54.6 Å². The number of aliphatic carboxylic acids is 1. The number of carbonyl (C=O) groups excluding carboxylic acids is 1. The van der Waals surface area contributed by atoms with E-state index in [-0.39, 0.29) is 18.9 Å². The zero-order chi connectivity index (χ0) is 28.6. The number of nitro benzene ring substituents is 1. The summed E-state index contributed by atoms with van der Waals surface area (Å²) in [6, 6.07) is 13.0. The Hall–Kier alpha value is -3.42. The topological polar surface area (TPSA) is 156 Å². The fourth-order valence-corrected chi connectivity index (χ4v) is 5.91. The number of nitro groups is 1. The molecule has 0 saturated carbocycles. The Morgan fingerprint density at radius 2 is 1.85 bits per heavy atom. The lowest BCUT2D eigenvalue weighted by Crippen LogP contribution is -2.49. The Bertz CT molecular complexity index is 1250. The molecule has 2 N–H and O–H groups in total. The quantitative estimate of drug-likeness (QED) is 0.266. The first kappa shape index (κ1) is 28.1. The molecule has 0 bridgehead atoms. The molecule has 0 amide bonds. The fraction of sp³-hybridized carbons (Fsp3) is 0.500. The van der Waals surface area contributed by atoms with Crippen molar-refractivity contribution in [3.8, 4) is 0 Å². The third-order valence-electron chi connectivity index (χ3n) is 7.47. The van der Waals surface area contributed by atoms with Gasteiger partial charge in [0, 0.05) is 24.1 Å². The number of ether oxygens (including phenoxy) is 5. The molecule has 0 aromatic heterocycles. The molecule has 3 aliphatic heterocycles. The molecule has 0 aliphatic carbocycles. The molecule has 3 saturated heterocycles. The zero-order valence-electron chi connectivity index (χ0n) is 22.3. The van der Waals surface area contributed by atoms with Crippen molar-refractivity contribution in [3.63, 3.8) is 0 Å². The van der Waals surface area contributed by atoms with Gasteiger partial charge in [0.2, 0.25) is 0 Å². The molecule has 2 aromatic rings. The second kappa shape index (κ2) is 11.2. The monoisotopic (exact) mass is 556 g/mol. The molecule has 3 heterocycles. The molecule has 8 atom stereocenters.